The van der Waals surface area contributed by atoms with Gasteiger partial charge in [-0.1, -0.05) is 33.1 Å². The molecular weight excluding hydrogens is 278 g/mol. The minimum absolute atomic E-state index is 0.0295. The van der Waals surface area contributed by atoms with Gasteiger partial charge in [0.25, 0.3) is 0 Å². The molecule has 0 fully saturated rings. The minimum Gasteiger partial charge on any atom is -0.356 e. The van der Waals surface area contributed by atoms with Gasteiger partial charge in [0, 0.05) is 12.0 Å². The van der Waals surface area contributed by atoms with E-state index in [-0.39, 0.29) is 6.04 Å². The van der Waals surface area contributed by atoms with Gasteiger partial charge in [-0.2, -0.15) is 0 Å². The predicted molar refractivity (Wildman–Crippen MR) is 75.0 cm³/mol. The molecule has 17 heavy (non-hydrogen) atoms. The minimum atomic E-state index is 0.0295. The molecule has 1 N–H and O–H groups in total. The quantitative estimate of drug-likeness (QED) is 0.666. The number of hydrogen-bond acceptors (Lipinski definition) is 3. The van der Waals surface area contributed by atoms with E-state index in [0.29, 0.717) is 5.92 Å². The molecule has 1 unspecified atom stereocenters. The zero-order chi connectivity index (χ0) is 12.8. The van der Waals surface area contributed by atoms with Gasteiger partial charge in [0.2, 0.25) is 0 Å². The summed E-state index contributed by atoms with van der Waals surface area (Å²) in [6.45, 7) is 6.24. The third-order valence-corrected chi connectivity index (χ3v) is 2.74. The molecule has 0 radical (unpaired) electrons. The molecule has 0 bridgehead atoms. The molecule has 3 nitrogen and oxygen atoms in total. The van der Waals surface area contributed by atoms with Crippen molar-refractivity contribution >= 4 is 21.7 Å². The molecule has 0 aromatic carbocycles. The average molecular weight is 296 g/mol. The SMILES string of the molecule is C#CC(CCC)Nc1cc(Br)nc(C(C)C)n1. The molecule has 0 aliphatic rings. The molecule has 92 valence electrons. The predicted octanol–water partition coefficient (Wildman–Crippen LogP) is 3.58. The number of hydrogen-bond donors (Lipinski definition) is 1. The zero-order valence-electron chi connectivity index (χ0n) is 10.5. The average Bonchev–Trinajstić information content (AvgIpc) is 2.27. The number of aromatic nitrogens is 2. The van der Waals surface area contributed by atoms with Crippen LogP contribution >= 0.6 is 15.9 Å². The molecule has 4 heteroatoms. The molecule has 1 rings (SSSR count). The topological polar surface area (TPSA) is 37.8 Å². The number of nitrogens with zero attached hydrogens (tertiary/aromatic N) is 2. The lowest BCUT2D eigenvalue weighted by Crippen LogP contribution is -2.18. The van der Waals surface area contributed by atoms with E-state index in [1.807, 2.05) is 6.07 Å². The van der Waals surface area contributed by atoms with Crippen LogP contribution in [0.15, 0.2) is 10.7 Å². The van der Waals surface area contributed by atoms with Crippen LogP contribution in [0, 0.1) is 12.3 Å². The summed E-state index contributed by atoms with van der Waals surface area (Å²) in [4.78, 5) is 8.78. The fourth-order valence-electron chi connectivity index (χ4n) is 1.43. The number of terminal acetylenes is 1. The molecule has 0 saturated heterocycles. The summed E-state index contributed by atoms with van der Waals surface area (Å²) in [5, 5.41) is 3.25. The van der Waals surface area contributed by atoms with E-state index >= 15 is 0 Å². The second-order valence-electron chi connectivity index (χ2n) is 4.24. The molecule has 0 saturated carbocycles. The number of rotatable bonds is 5. The summed E-state index contributed by atoms with van der Waals surface area (Å²) in [6.07, 6.45) is 7.46. The van der Waals surface area contributed by atoms with Crippen molar-refractivity contribution in [3.63, 3.8) is 0 Å². The normalized spacial score (nSPS) is 12.2. The monoisotopic (exact) mass is 295 g/mol. The Balaban J connectivity index is 2.87. The Kier molecular flexibility index (Phi) is 5.43. The Hall–Kier alpha value is -1.08. The summed E-state index contributed by atoms with van der Waals surface area (Å²) in [6, 6.07) is 1.88. The van der Waals surface area contributed by atoms with Crippen molar-refractivity contribution in [3.8, 4) is 12.3 Å². The first-order valence-corrected chi connectivity index (χ1v) is 6.63. The van der Waals surface area contributed by atoms with Crippen LogP contribution in [0.4, 0.5) is 5.82 Å². The Morgan fingerprint density at radius 2 is 2.18 bits per heavy atom. The van der Waals surface area contributed by atoms with Crippen LogP contribution in [-0.4, -0.2) is 16.0 Å². The molecule has 1 aromatic rings. The van der Waals surface area contributed by atoms with Gasteiger partial charge in [0.15, 0.2) is 0 Å². The van der Waals surface area contributed by atoms with E-state index in [1.54, 1.807) is 0 Å². The van der Waals surface area contributed by atoms with Crippen molar-refractivity contribution in [2.24, 2.45) is 0 Å². The summed E-state index contributed by atoms with van der Waals surface area (Å²) < 4.78 is 0.783. The van der Waals surface area contributed by atoms with Crippen molar-refractivity contribution in [2.75, 3.05) is 5.32 Å². The van der Waals surface area contributed by atoms with Crippen LogP contribution in [0.2, 0.25) is 0 Å². The van der Waals surface area contributed by atoms with Crippen molar-refractivity contribution in [2.45, 2.75) is 45.6 Å². The zero-order valence-corrected chi connectivity index (χ0v) is 12.1. The lowest BCUT2D eigenvalue weighted by molar-refractivity contribution is 0.738. The smallest absolute Gasteiger partial charge is 0.134 e. The third kappa shape index (κ3) is 4.35. The summed E-state index contributed by atoms with van der Waals surface area (Å²) in [5.74, 6) is 4.63. The maximum atomic E-state index is 5.47. The maximum absolute atomic E-state index is 5.47. The Labute approximate surface area is 112 Å². The van der Waals surface area contributed by atoms with Crippen LogP contribution in [0.25, 0.3) is 0 Å². The van der Waals surface area contributed by atoms with Gasteiger partial charge in [-0.05, 0) is 22.4 Å². The van der Waals surface area contributed by atoms with Crippen molar-refractivity contribution in [1.29, 1.82) is 0 Å². The van der Waals surface area contributed by atoms with Crippen molar-refractivity contribution < 1.29 is 0 Å². The second kappa shape index (κ2) is 6.61. The van der Waals surface area contributed by atoms with E-state index in [9.17, 15) is 0 Å². The van der Waals surface area contributed by atoms with Gasteiger partial charge < -0.3 is 5.32 Å². The van der Waals surface area contributed by atoms with Gasteiger partial charge in [-0.25, -0.2) is 9.97 Å². The van der Waals surface area contributed by atoms with Crippen molar-refractivity contribution in [1.82, 2.24) is 9.97 Å². The van der Waals surface area contributed by atoms with Crippen LogP contribution in [0.1, 0.15) is 45.4 Å². The van der Waals surface area contributed by atoms with Crippen LogP contribution in [0.5, 0.6) is 0 Å². The Morgan fingerprint density at radius 3 is 2.71 bits per heavy atom. The summed E-state index contributed by atoms with van der Waals surface area (Å²) >= 11 is 3.39. The lowest BCUT2D eigenvalue weighted by Gasteiger charge is -2.14. The van der Waals surface area contributed by atoms with Gasteiger partial charge in [0.1, 0.15) is 16.2 Å². The molecule has 0 spiro atoms. The highest BCUT2D eigenvalue weighted by Gasteiger charge is 2.09. The molecule has 1 aromatic heterocycles. The van der Waals surface area contributed by atoms with Gasteiger partial charge >= 0.3 is 0 Å². The molecule has 1 heterocycles. The van der Waals surface area contributed by atoms with Gasteiger partial charge in [-0.15, -0.1) is 6.42 Å². The fraction of sp³-hybridized carbons (Fsp3) is 0.538. The van der Waals surface area contributed by atoms with Crippen LogP contribution in [0.3, 0.4) is 0 Å². The first-order valence-electron chi connectivity index (χ1n) is 5.84. The summed E-state index contributed by atoms with van der Waals surface area (Å²) in [7, 11) is 0. The molecular formula is C13H18BrN3. The lowest BCUT2D eigenvalue weighted by atomic mass is 10.2. The Morgan fingerprint density at radius 1 is 1.47 bits per heavy atom. The van der Waals surface area contributed by atoms with Gasteiger partial charge in [-0.3, -0.25) is 0 Å². The van der Waals surface area contributed by atoms with E-state index in [0.717, 1.165) is 29.1 Å². The molecule has 0 aliphatic carbocycles. The van der Waals surface area contributed by atoms with Crippen molar-refractivity contribution in [3.05, 3.63) is 16.5 Å². The highest BCUT2D eigenvalue weighted by atomic mass is 79.9. The first kappa shape index (κ1) is 14.0. The molecule has 0 aliphatic heterocycles. The second-order valence-corrected chi connectivity index (χ2v) is 5.05. The third-order valence-electron chi connectivity index (χ3n) is 2.33. The fourth-order valence-corrected chi connectivity index (χ4v) is 1.83. The largest absolute Gasteiger partial charge is 0.356 e. The van der Waals surface area contributed by atoms with E-state index in [2.05, 4.69) is 57.9 Å². The highest BCUT2D eigenvalue weighted by molar-refractivity contribution is 9.10. The number of halogens is 1. The van der Waals surface area contributed by atoms with Crippen LogP contribution < -0.4 is 5.32 Å². The van der Waals surface area contributed by atoms with Gasteiger partial charge in [0.05, 0.1) is 6.04 Å². The standard InChI is InChI=1S/C13H18BrN3/c1-5-7-10(6-2)15-12-8-11(14)16-13(17-12)9(3)4/h2,8-10H,5,7H2,1,3-4H3,(H,15,16,17). The first-order chi connectivity index (χ1) is 8.06. The van der Waals surface area contributed by atoms with Crippen LogP contribution in [-0.2, 0) is 0 Å². The summed E-state index contributed by atoms with van der Waals surface area (Å²) in [5.41, 5.74) is 0. The number of anilines is 1. The number of nitrogens with one attached hydrogen (secondary N) is 1. The highest BCUT2D eigenvalue weighted by Crippen LogP contribution is 2.18. The van der Waals surface area contributed by atoms with E-state index in [4.69, 9.17) is 6.42 Å². The molecule has 0 amide bonds. The Bertz CT molecular complexity index is 410. The molecule has 1 atom stereocenters. The maximum Gasteiger partial charge on any atom is 0.134 e. The van der Waals surface area contributed by atoms with E-state index < -0.39 is 0 Å². The van der Waals surface area contributed by atoms with E-state index in [1.165, 1.54) is 0 Å².